The van der Waals surface area contributed by atoms with Gasteiger partial charge in [0.05, 0.1) is 12.4 Å². The van der Waals surface area contributed by atoms with Crippen molar-refractivity contribution in [3.8, 4) is 0 Å². The van der Waals surface area contributed by atoms with E-state index in [1.807, 2.05) is 0 Å². The normalized spacial score (nSPS) is 18.1. The fraction of sp³-hybridized carbons (Fsp3) is 0.900. The number of hydrogen-bond acceptors (Lipinski definition) is 8. The molecule has 12 heteroatoms. The van der Waals surface area contributed by atoms with Crippen LogP contribution in [-0.4, -0.2) is 84.3 Å². The molecule has 0 rings (SSSR count). The summed E-state index contributed by atoms with van der Waals surface area (Å²) >= 11 is 0. The van der Waals surface area contributed by atoms with Crippen molar-refractivity contribution >= 4 is 45.7 Å². The Balaban J connectivity index is 6.69. The molecule has 32 heavy (non-hydrogen) atoms. The van der Waals surface area contributed by atoms with E-state index in [9.17, 15) is 0 Å². The lowest BCUT2D eigenvalue weighted by atomic mass is 10.0. The maximum absolute atomic E-state index is 6.75. The van der Waals surface area contributed by atoms with Crippen molar-refractivity contribution in [2.75, 3.05) is 14.2 Å². The molecule has 0 N–H and O–H groups in total. The van der Waals surface area contributed by atoms with Crippen molar-refractivity contribution in [2.24, 2.45) is 10.3 Å². The highest BCUT2D eigenvalue weighted by Gasteiger charge is 2.44. The second-order valence-corrected chi connectivity index (χ2v) is 29.5. The Labute approximate surface area is 200 Å². The zero-order valence-electron chi connectivity index (χ0n) is 22.8. The summed E-state index contributed by atoms with van der Waals surface area (Å²) < 4.78 is 26.6. The summed E-state index contributed by atoms with van der Waals surface area (Å²) in [7, 11) is -4.93. The second-order valence-electron chi connectivity index (χ2n) is 11.7. The Hall–Kier alpha value is -0.352. The van der Waals surface area contributed by atoms with Crippen molar-refractivity contribution in [1.82, 2.24) is 0 Å². The monoisotopic (exact) mass is 524 g/mol. The smallest absolute Gasteiger partial charge is 0.184 e. The van der Waals surface area contributed by atoms with Gasteiger partial charge in [-0.2, -0.15) is 0 Å². The highest BCUT2D eigenvalue weighted by atomic mass is 28.4. The summed E-state index contributed by atoms with van der Waals surface area (Å²) in [6, 6.07) is 0. The van der Waals surface area contributed by atoms with Crippen LogP contribution in [0.1, 0.15) is 0 Å². The van der Waals surface area contributed by atoms with Gasteiger partial charge in [-0.3, -0.25) is 0 Å². The molecule has 0 radical (unpaired) electrons. The van der Waals surface area contributed by atoms with E-state index in [1.54, 1.807) is 12.4 Å². The molecule has 0 spiro atoms. The standard InChI is InChI=1S/C20H48N2O6Si4/c1-23-21-15-17(25-29(3,4)5)19(27-31(9,10)11)20(28-32(12,13)14)18(16-22-24-2)26-30(6,7)8/h15-20H,1-14H3/b21-15+,22-16+/t17-,18+,19+,20-. The van der Waals surface area contributed by atoms with Crippen LogP contribution in [0.4, 0.5) is 0 Å². The largest absolute Gasteiger partial charge is 0.409 e. The summed E-state index contributed by atoms with van der Waals surface area (Å²) in [4.78, 5) is 10.0. The van der Waals surface area contributed by atoms with Crippen LogP contribution in [0.3, 0.4) is 0 Å². The fourth-order valence-corrected chi connectivity index (χ4v) is 7.07. The first kappa shape index (κ1) is 31.6. The van der Waals surface area contributed by atoms with Gasteiger partial charge in [0.2, 0.25) is 0 Å². The molecule has 4 atom stereocenters. The van der Waals surface area contributed by atoms with Crippen LogP contribution < -0.4 is 0 Å². The number of nitrogens with zero attached hydrogens (tertiary/aromatic N) is 2. The van der Waals surface area contributed by atoms with E-state index in [4.69, 9.17) is 27.4 Å². The Morgan fingerprint density at radius 1 is 0.469 bits per heavy atom. The maximum Gasteiger partial charge on any atom is 0.184 e. The lowest BCUT2D eigenvalue weighted by molar-refractivity contribution is -0.0423. The summed E-state index contributed by atoms with van der Waals surface area (Å²) in [5.74, 6) is 0. The van der Waals surface area contributed by atoms with Gasteiger partial charge < -0.3 is 27.4 Å². The van der Waals surface area contributed by atoms with Gasteiger partial charge in [0.15, 0.2) is 33.3 Å². The third kappa shape index (κ3) is 15.5. The topological polar surface area (TPSA) is 80.1 Å². The van der Waals surface area contributed by atoms with Crippen LogP contribution in [0.2, 0.25) is 78.6 Å². The maximum atomic E-state index is 6.75. The van der Waals surface area contributed by atoms with E-state index in [0.717, 1.165) is 0 Å². The minimum atomic E-state index is -2.02. The Morgan fingerprint density at radius 3 is 0.906 bits per heavy atom. The second kappa shape index (κ2) is 12.9. The van der Waals surface area contributed by atoms with E-state index in [2.05, 4.69) is 88.9 Å². The molecule has 0 saturated carbocycles. The summed E-state index contributed by atoms with van der Waals surface area (Å²) in [5.41, 5.74) is 0. The van der Waals surface area contributed by atoms with E-state index < -0.39 is 57.7 Å². The summed E-state index contributed by atoms with van der Waals surface area (Å²) in [5, 5.41) is 8.11. The molecule has 0 amide bonds. The molecule has 0 aliphatic rings. The van der Waals surface area contributed by atoms with Gasteiger partial charge in [-0.15, -0.1) is 0 Å². The molecule has 0 heterocycles. The van der Waals surface area contributed by atoms with E-state index in [-0.39, 0.29) is 0 Å². The van der Waals surface area contributed by atoms with Crippen molar-refractivity contribution < 1.29 is 27.4 Å². The third-order valence-corrected chi connectivity index (χ3v) is 7.47. The van der Waals surface area contributed by atoms with Crippen LogP contribution in [0, 0.1) is 0 Å². The molecule has 0 unspecified atom stereocenters. The Kier molecular flexibility index (Phi) is 12.8. The Bertz CT molecular complexity index is 543. The average molecular weight is 525 g/mol. The molecule has 0 aromatic carbocycles. The van der Waals surface area contributed by atoms with Crippen LogP contribution in [-0.2, 0) is 27.4 Å². The molecule has 0 aliphatic heterocycles. The minimum Gasteiger partial charge on any atom is -0.409 e. The van der Waals surface area contributed by atoms with Gasteiger partial charge >= 0.3 is 0 Å². The molecule has 0 aromatic heterocycles. The molecular weight excluding hydrogens is 477 g/mol. The highest BCUT2D eigenvalue weighted by Crippen LogP contribution is 2.27. The van der Waals surface area contributed by atoms with Crippen molar-refractivity contribution in [3.05, 3.63) is 0 Å². The van der Waals surface area contributed by atoms with Gasteiger partial charge in [-0.1, -0.05) is 10.3 Å². The van der Waals surface area contributed by atoms with Gasteiger partial charge in [-0.25, -0.2) is 0 Å². The van der Waals surface area contributed by atoms with Gasteiger partial charge in [-0.05, 0) is 78.6 Å². The van der Waals surface area contributed by atoms with E-state index in [0.29, 0.717) is 0 Å². The van der Waals surface area contributed by atoms with Crippen LogP contribution >= 0.6 is 0 Å². The average Bonchev–Trinajstić information content (AvgIpc) is 2.54. The zero-order valence-corrected chi connectivity index (χ0v) is 26.8. The summed E-state index contributed by atoms with van der Waals surface area (Å²) in [6.07, 6.45) is 1.54. The number of oxime groups is 2. The van der Waals surface area contributed by atoms with E-state index >= 15 is 0 Å². The lowest BCUT2D eigenvalue weighted by Crippen LogP contribution is -2.59. The van der Waals surface area contributed by atoms with Gasteiger partial charge in [0.1, 0.15) is 38.6 Å². The van der Waals surface area contributed by atoms with Crippen LogP contribution in [0.5, 0.6) is 0 Å². The van der Waals surface area contributed by atoms with Gasteiger partial charge in [0.25, 0.3) is 0 Å². The lowest BCUT2D eigenvalue weighted by Gasteiger charge is -2.43. The van der Waals surface area contributed by atoms with E-state index in [1.165, 1.54) is 14.2 Å². The fourth-order valence-electron chi connectivity index (χ4n) is 2.88. The van der Waals surface area contributed by atoms with Gasteiger partial charge in [0, 0.05) is 0 Å². The quantitative estimate of drug-likeness (QED) is 0.168. The molecule has 8 nitrogen and oxygen atoms in total. The van der Waals surface area contributed by atoms with Crippen LogP contribution in [0.25, 0.3) is 0 Å². The first-order chi connectivity index (χ1) is 14.3. The molecule has 0 fully saturated rings. The molecule has 190 valence electrons. The molecule has 0 saturated heterocycles. The van der Waals surface area contributed by atoms with Crippen molar-refractivity contribution in [2.45, 2.75) is 103 Å². The minimum absolute atomic E-state index is 0.455. The van der Waals surface area contributed by atoms with Crippen molar-refractivity contribution in [3.63, 3.8) is 0 Å². The number of hydrogen-bond donors (Lipinski definition) is 0. The van der Waals surface area contributed by atoms with Crippen LogP contribution in [0.15, 0.2) is 10.3 Å². The first-order valence-corrected chi connectivity index (χ1v) is 24.8. The molecular formula is C20H48N2O6Si4. The zero-order chi connectivity index (χ0) is 25.4. The third-order valence-electron chi connectivity index (χ3n) is 3.56. The number of rotatable bonds is 15. The SMILES string of the molecule is CO/N=C/[C@H](O[Si](C)(C)C)[C@@H](O[Si](C)(C)C)[C@@H](O[Si](C)(C)C)[C@@H](/C=N/OC)O[Si](C)(C)C. The van der Waals surface area contributed by atoms with Crippen molar-refractivity contribution in [1.29, 1.82) is 0 Å². The highest BCUT2D eigenvalue weighted by molar-refractivity contribution is 6.71. The molecule has 0 aliphatic carbocycles. The first-order valence-electron chi connectivity index (χ1n) is 11.1. The summed E-state index contributed by atoms with van der Waals surface area (Å²) in [6.45, 7) is 25.8. The molecule has 0 bridgehead atoms. The predicted molar refractivity (Wildman–Crippen MR) is 144 cm³/mol. The predicted octanol–water partition coefficient (Wildman–Crippen LogP) is 5.13. The molecule has 0 aromatic rings. The Morgan fingerprint density at radius 2 is 0.719 bits per heavy atom.